The van der Waals surface area contributed by atoms with Crippen LogP contribution in [0.5, 0.6) is 5.75 Å². The second-order valence-electron chi connectivity index (χ2n) is 5.38. The Morgan fingerprint density at radius 3 is 2.07 bits per heavy atom. The van der Waals surface area contributed by atoms with E-state index in [1.165, 1.54) is 6.92 Å². The molecule has 0 amide bonds. The first kappa shape index (κ1) is 24.5. The van der Waals surface area contributed by atoms with E-state index in [2.05, 4.69) is 11.3 Å². The minimum Gasteiger partial charge on any atom is -0.462 e. The van der Waals surface area contributed by atoms with Crippen LogP contribution in [0, 0.1) is 3.57 Å². The lowest BCUT2D eigenvalue weighted by atomic mass is 10.1. The number of allylic oxidation sites excluding steroid dienone is 1. The lowest BCUT2D eigenvalue weighted by Gasteiger charge is -2.35. The number of halogens is 7. The van der Waals surface area contributed by atoms with Crippen molar-refractivity contribution in [2.75, 3.05) is 5.75 Å². The molecule has 0 spiro atoms. The number of ether oxygens (including phenoxy) is 2. The predicted octanol–water partition coefficient (Wildman–Crippen LogP) is 4.11. The van der Waals surface area contributed by atoms with Crippen LogP contribution in [0.3, 0.4) is 0 Å². The van der Waals surface area contributed by atoms with Gasteiger partial charge >= 0.3 is 23.9 Å². The average molecular weight is 548 g/mol. The van der Waals surface area contributed by atoms with Gasteiger partial charge in [0.1, 0.15) is 17.1 Å². The van der Waals surface area contributed by atoms with E-state index < -0.39 is 51.1 Å². The number of carbonyl (C=O) groups is 1. The average Bonchev–Trinajstić information content (AvgIpc) is 2.41. The Bertz CT molecular complexity index is 863. The zero-order chi connectivity index (χ0) is 22.1. The maximum atomic E-state index is 13.2. The third kappa shape index (κ3) is 5.73. The first-order valence-electron chi connectivity index (χ1n) is 6.84. The molecule has 0 fully saturated rings. The van der Waals surface area contributed by atoms with Gasteiger partial charge in [0.05, 0.1) is 5.76 Å². The molecule has 14 heteroatoms. The number of esters is 1. The van der Waals surface area contributed by atoms with Crippen molar-refractivity contribution in [1.29, 1.82) is 0 Å². The van der Waals surface area contributed by atoms with Crippen LogP contribution in [0.4, 0.5) is 26.3 Å². The molecule has 158 valence electrons. The summed E-state index contributed by atoms with van der Waals surface area (Å²) >= 11 is 1.73. The molecule has 1 N–H and O–H groups in total. The molecule has 0 aromatic heterocycles. The Hall–Kier alpha value is -1.55. The highest BCUT2D eigenvalue weighted by Crippen LogP contribution is 2.47. The first-order chi connectivity index (χ1) is 12.4. The van der Waals surface area contributed by atoms with Crippen LogP contribution in [0.25, 0.3) is 0 Å². The molecule has 0 aliphatic rings. The Labute approximate surface area is 168 Å². The maximum absolute atomic E-state index is 13.2. The van der Waals surface area contributed by atoms with Gasteiger partial charge in [0.2, 0.25) is 0 Å². The third-order valence-electron chi connectivity index (χ3n) is 3.02. The number of hydrogen-bond acceptors (Lipinski definition) is 5. The number of alkyl halides is 6. The molecule has 0 atom stereocenters. The van der Waals surface area contributed by atoms with Gasteiger partial charge in [0.15, 0.2) is 0 Å². The second kappa shape index (κ2) is 8.06. The van der Waals surface area contributed by atoms with Crippen LogP contribution in [0.1, 0.15) is 17.3 Å². The molecule has 0 saturated heterocycles. The van der Waals surface area contributed by atoms with Crippen molar-refractivity contribution in [1.82, 2.24) is 0 Å². The van der Waals surface area contributed by atoms with Gasteiger partial charge in [0.25, 0.3) is 10.1 Å². The normalized spacial score (nSPS) is 13.2. The molecular formula is C14H11F6IO6S. The van der Waals surface area contributed by atoms with Gasteiger partial charge < -0.3 is 9.47 Å². The molecule has 1 aromatic rings. The summed E-state index contributed by atoms with van der Waals surface area (Å²) < 4.78 is 119. The van der Waals surface area contributed by atoms with Gasteiger partial charge in [-0.2, -0.15) is 34.8 Å². The fourth-order valence-corrected chi connectivity index (χ4v) is 3.24. The highest BCUT2D eigenvalue weighted by Gasteiger charge is 2.76. The number of benzene rings is 1. The molecule has 6 nitrogen and oxygen atoms in total. The van der Waals surface area contributed by atoms with Crippen LogP contribution in [0.2, 0.25) is 0 Å². The van der Waals surface area contributed by atoms with Crippen LogP contribution < -0.4 is 4.74 Å². The van der Waals surface area contributed by atoms with Gasteiger partial charge in [-0.05, 0) is 47.7 Å². The molecule has 0 bridgehead atoms. The molecule has 0 aliphatic heterocycles. The van der Waals surface area contributed by atoms with Crippen LogP contribution >= 0.6 is 22.6 Å². The Balaban J connectivity index is 3.57. The maximum Gasteiger partial charge on any atom is 0.438 e. The van der Waals surface area contributed by atoms with E-state index in [4.69, 9.17) is 9.29 Å². The lowest BCUT2D eigenvalue weighted by molar-refractivity contribution is -0.356. The third-order valence-corrected chi connectivity index (χ3v) is 4.46. The summed E-state index contributed by atoms with van der Waals surface area (Å²) in [7, 11) is -5.88. The molecule has 0 heterocycles. The molecule has 1 rings (SSSR count). The summed E-state index contributed by atoms with van der Waals surface area (Å²) in [4.78, 5) is 12.1. The highest BCUT2D eigenvalue weighted by atomic mass is 127. The topological polar surface area (TPSA) is 89.9 Å². The lowest BCUT2D eigenvalue weighted by Crippen LogP contribution is -2.63. The highest BCUT2D eigenvalue weighted by molar-refractivity contribution is 14.1. The van der Waals surface area contributed by atoms with Crippen molar-refractivity contribution in [3.8, 4) is 5.75 Å². The summed E-state index contributed by atoms with van der Waals surface area (Å²) in [6, 6.07) is 3.10. The van der Waals surface area contributed by atoms with E-state index in [0.717, 1.165) is 18.2 Å². The zero-order valence-corrected chi connectivity index (χ0v) is 16.7. The van der Waals surface area contributed by atoms with Gasteiger partial charge in [-0.15, -0.1) is 0 Å². The number of rotatable bonds is 6. The Morgan fingerprint density at radius 1 is 1.18 bits per heavy atom. The number of carbonyl (C=O) groups excluding carboxylic acids is 1. The van der Waals surface area contributed by atoms with Crippen molar-refractivity contribution in [3.63, 3.8) is 0 Å². The van der Waals surface area contributed by atoms with Crippen molar-refractivity contribution < 1.29 is 53.6 Å². The zero-order valence-electron chi connectivity index (χ0n) is 13.7. The summed E-state index contributed by atoms with van der Waals surface area (Å²) in [6.45, 7) is 4.63. The Morgan fingerprint density at radius 2 is 1.68 bits per heavy atom. The molecule has 1 aromatic carbocycles. The van der Waals surface area contributed by atoms with Crippen molar-refractivity contribution >= 4 is 38.7 Å². The van der Waals surface area contributed by atoms with Crippen molar-refractivity contribution in [3.05, 3.63) is 39.7 Å². The SMILES string of the molecule is C=C(C)Oc1cc(I)ccc1C(=O)OC(CS(=O)(=O)O)(C(F)(F)F)C(F)(F)F. The fraction of sp³-hybridized carbons (Fsp3) is 0.357. The molecule has 0 aliphatic carbocycles. The smallest absolute Gasteiger partial charge is 0.438 e. The molecule has 28 heavy (non-hydrogen) atoms. The summed E-state index contributed by atoms with van der Waals surface area (Å²) in [6.07, 6.45) is -12.8. The monoisotopic (exact) mass is 548 g/mol. The first-order valence-corrected chi connectivity index (χ1v) is 9.53. The quantitative estimate of drug-likeness (QED) is 0.189. The van der Waals surface area contributed by atoms with E-state index in [1.54, 1.807) is 22.6 Å². The summed E-state index contributed by atoms with van der Waals surface area (Å²) in [5, 5.41) is 0. The summed E-state index contributed by atoms with van der Waals surface area (Å²) in [5.41, 5.74) is -6.36. The van der Waals surface area contributed by atoms with E-state index in [0.29, 0.717) is 3.57 Å². The largest absolute Gasteiger partial charge is 0.462 e. The Kier molecular flexibility index (Phi) is 7.05. The minimum absolute atomic E-state index is 0.0492. The molecule has 0 radical (unpaired) electrons. The van der Waals surface area contributed by atoms with Gasteiger partial charge in [-0.25, -0.2) is 4.79 Å². The predicted molar refractivity (Wildman–Crippen MR) is 91.3 cm³/mol. The van der Waals surface area contributed by atoms with Crippen LogP contribution in [0.15, 0.2) is 30.5 Å². The second-order valence-corrected chi connectivity index (χ2v) is 8.08. The van der Waals surface area contributed by atoms with Crippen LogP contribution in [-0.4, -0.2) is 42.6 Å². The van der Waals surface area contributed by atoms with E-state index in [9.17, 15) is 39.6 Å². The van der Waals surface area contributed by atoms with E-state index in [-0.39, 0.29) is 5.76 Å². The van der Waals surface area contributed by atoms with Gasteiger partial charge in [0, 0.05) is 3.57 Å². The fourth-order valence-electron chi connectivity index (χ4n) is 1.88. The minimum atomic E-state index is -6.42. The van der Waals surface area contributed by atoms with E-state index in [1.807, 2.05) is 0 Å². The van der Waals surface area contributed by atoms with Crippen LogP contribution in [-0.2, 0) is 14.9 Å². The van der Waals surface area contributed by atoms with Gasteiger partial charge in [-0.3, -0.25) is 4.55 Å². The van der Waals surface area contributed by atoms with Crippen molar-refractivity contribution in [2.24, 2.45) is 0 Å². The molecular weight excluding hydrogens is 537 g/mol. The number of hydrogen-bond donors (Lipinski definition) is 1. The standard InChI is InChI=1S/C14H11F6IO6S/c1-7(2)26-10-5-8(21)3-4-9(10)11(22)27-12(13(15,16)17,14(18,19)20)6-28(23,24)25/h3-5H,1,6H2,2H3,(H,23,24,25). The summed E-state index contributed by atoms with van der Waals surface area (Å²) in [5.74, 6) is -5.66. The van der Waals surface area contributed by atoms with Crippen molar-refractivity contribution in [2.45, 2.75) is 24.9 Å². The molecule has 0 unspecified atom stereocenters. The molecule has 0 saturated carbocycles. The van der Waals surface area contributed by atoms with E-state index >= 15 is 0 Å². The van der Waals surface area contributed by atoms with Gasteiger partial charge in [-0.1, -0.05) is 6.58 Å².